The lowest BCUT2D eigenvalue weighted by Crippen LogP contribution is -2.11. The summed E-state index contributed by atoms with van der Waals surface area (Å²) >= 11 is 3.03. The Bertz CT molecular complexity index is 450. The van der Waals surface area contributed by atoms with Gasteiger partial charge in [0.25, 0.3) is 0 Å². The topological polar surface area (TPSA) is 61.6 Å². The van der Waals surface area contributed by atoms with Crippen LogP contribution in [-0.4, -0.2) is 19.1 Å². The minimum Gasteiger partial charge on any atom is -0.454 e. The summed E-state index contributed by atoms with van der Waals surface area (Å²) in [6, 6.07) is 1.44. The van der Waals surface area contributed by atoms with Crippen molar-refractivity contribution in [1.29, 1.82) is 0 Å². The highest BCUT2D eigenvalue weighted by Crippen LogP contribution is 2.41. The van der Waals surface area contributed by atoms with E-state index in [0.29, 0.717) is 5.75 Å². The lowest BCUT2D eigenvalue weighted by molar-refractivity contribution is 0.0976. The van der Waals surface area contributed by atoms with Crippen LogP contribution >= 0.6 is 15.9 Å². The van der Waals surface area contributed by atoms with E-state index in [0.717, 1.165) is 0 Å². The maximum atomic E-state index is 13.8. The van der Waals surface area contributed by atoms with Gasteiger partial charge in [0.05, 0.1) is 4.47 Å². The van der Waals surface area contributed by atoms with Crippen LogP contribution in [0.15, 0.2) is 10.5 Å². The average molecular weight is 290 g/mol. The fourth-order valence-corrected chi connectivity index (χ4v) is 1.90. The van der Waals surface area contributed by atoms with E-state index in [1.54, 1.807) is 0 Å². The molecule has 0 saturated carbocycles. The lowest BCUT2D eigenvalue weighted by Gasteiger charge is -2.07. The van der Waals surface area contributed by atoms with Crippen molar-refractivity contribution in [2.75, 3.05) is 13.3 Å². The Morgan fingerprint density at radius 3 is 3.00 bits per heavy atom. The summed E-state index contributed by atoms with van der Waals surface area (Å²) < 4.78 is 24.2. The molecular weight excluding hydrogens is 281 g/mol. The van der Waals surface area contributed by atoms with Gasteiger partial charge in [-0.1, -0.05) is 0 Å². The molecule has 86 valence electrons. The van der Waals surface area contributed by atoms with Crippen molar-refractivity contribution in [3.05, 3.63) is 21.9 Å². The molecule has 2 rings (SSSR count). The van der Waals surface area contributed by atoms with Crippen molar-refractivity contribution in [2.24, 2.45) is 5.73 Å². The molecule has 16 heavy (non-hydrogen) atoms. The summed E-state index contributed by atoms with van der Waals surface area (Å²) in [7, 11) is 0. The van der Waals surface area contributed by atoms with E-state index in [4.69, 9.17) is 15.2 Å². The van der Waals surface area contributed by atoms with Crippen LogP contribution in [0.2, 0.25) is 0 Å². The predicted molar refractivity (Wildman–Crippen MR) is 58.2 cm³/mol. The Morgan fingerprint density at radius 1 is 1.56 bits per heavy atom. The molecule has 1 heterocycles. The fourth-order valence-electron chi connectivity index (χ4n) is 1.49. The van der Waals surface area contributed by atoms with Crippen molar-refractivity contribution in [2.45, 2.75) is 6.42 Å². The molecular formula is C10H9BrFNO3. The molecule has 1 aromatic rings. The molecule has 0 bridgehead atoms. The smallest absolute Gasteiger partial charge is 0.231 e. The number of carbonyl (C=O) groups is 1. The van der Waals surface area contributed by atoms with E-state index in [-0.39, 0.29) is 41.3 Å². The summed E-state index contributed by atoms with van der Waals surface area (Å²) in [5, 5.41) is 0. The number of nitrogens with two attached hydrogens (primary N) is 1. The Labute approximate surface area is 99.6 Å². The van der Waals surface area contributed by atoms with Gasteiger partial charge in [0.1, 0.15) is 5.56 Å². The first-order valence-corrected chi connectivity index (χ1v) is 5.45. The number of hydrogen-bond donors (Lipinski definition) is 1. The number of hydrogen-bond acceptors (Lipinski definition) is 4. The molecule has 0 amide bonds. The first-order chi connectivity index (χ1) is 7.65. The largest absolute Gasteiger partial charge is 0.454 e. The summed E-state index contributed by atoms with van der Waals surface area (Å²) in [5.41, 5.74) is 5.18. The van der Waals surface area contributed by atoms with Gasteiger partial charge < -0.3 is 15.2 Å². The highest BCUT2D eigenvalue weighted by molar-refractivity contribution is 9.10. The van der Waals surface area contributed by atoms with E-state index < -0.39 is 5.82 Å². The van der Waals surface area contributed by atoms with Crippen LogP contribution in [0.5, 0.6) is 11.5 Å². The number of halogens is 2. The minimum atomic E-state index is -0.636. The maximum Gasteiger partial charge on any atom is 0.231 e. The first kappa shape index (κ1) is 11.3. The van der Waals surface area contributed by atoms with Crippen LogP contribution in [0.25, 0.3) is 0 Å². The standard InChI is InChI=1S/C10H9BrFNO3/c11-5-3-7-10(16-4-15-7)8(9(5)12)6(14)1-2-13/h3H,1-2,4,13H2. The molecule has 1 aliphatic rings. The van der Waals surface area contributed by atoms with Gasteiger partial charge >= 0.3 is 0 Å². The van der Waals surface area contributed by atoms with Gasteiger partial charge in [0, 0.05) is 12.5 Å². The number of rotatable bonds is 3. The second kappa shape index (κ2) is 4.39. The quantitative estimate of drug-likeness (QED) is 0.863. The molecule has 0 unspecified atom stereocenters. The van der Waals surface area contributed by atoms with Crippen LogP contribution in [0.1, 0.15) is 16.8 Å². The van der Waals surface area contributed by atoms with Gasteiger partial charge in [-0.25, -0.2) is 4.39 Å². The lowest BCUT2D eigenvalue weighted by atomic mass is 10.1. The number of Topliss-reactive ketones (excluding diaryl/α,β-unsaturated/α-hetero) is 1. The fraction of sp³-hybridized carbons (Fsp3) is 0.300. The number of fused-ring (bicyclic) bond motifs is 1. The first-order valence-electron chi connectivity index (χ1n) is 4.66. The van der Waals surface area contributed by atoms with Crippen LogP contribution in [0, 0.1) is 5.82 Å². The van der Waals surface area contributed by atoms with E-state index in [1.165, 1.54) is 6.07 Å². The van der Waals surface area contributed by atoms with E-state index in [2.05, 4.69) is 15.9 Å². The Balaban J connectivity index is 2.54. The molecule has 0 atom stereocenters. The van der Waals surface area contributed by atoms with Crippen molar-refractivity contribution >= 4 is 21.7 Å². The second-order valence-electron chi connectivity index (χ2n) is 3.24. The molecule has 6 heteroatoms. The van der Waals surface area contributed by atoms with Gasteiger partial charge in [-0.3, -0.25) is 4.79 Å². The summed E-state index contributed by atoms with van der Waals surface area (Å²) in [4.78, 5) is 11.7. The second-order valence-corrected chi connectivity index (χ2v) is 4.10. The zero-order chi connectivity index (χ0) is 11.7. The normalized spacial score (nSPS) is 12.9. The molecule has 4 nitrogen and oxygen atoms in total. The Hall–Kier alpha value is -1.14. The van der Waals surface area contributed by atoms with Crippen molar-refractivity contribution in [1.82, 2.24) is 0 Å². The number of benzene rings is 1. The molecule has 0 radical (unpaired) electrons. The summed E-state index contributed by atoms with van der Waals surface area (Å²) in [6.45, 7) is 0.161. The zero-order valence-corrected chi connectivity index (χ0v) is 9.84. The van der Waals surface area contributed by atoms with Gasteiger partial charge in [0.15, 0.2) is 23.1 Å². The van der Waals surface area contributed by atoms with Crippen molar-refractivity contribution in [3.63, 3.8) is 0 Å². The number of ketones is 1. The third kappa shape index (κ3) is 1.78. The van der Waals surface area contributed by atoms with Crippen LogP contribution < -0.4 is 15.2 Å². The monoisotopic (exact) mass is 289 g/mol. The Kier molecular flexibility index (Phi) is 3.11. The minimum absolute atomic E-state index is 0.00582. The van der Waals surface area contributed by atoms with Gasteiger partial charge in [-0.15, -0.1) is 0 Å². The molecule has 0 spiro atoms. The van der Waals surface area contributed by atoms with E-state index in [1.807, 2.05) is 0 Å². The molecule has 0 aromatic heterocycles. The van der Waals surface area contributed by atoms with Crippen LogP contribution in [0.4, 0.5) is 4.39 Å². The van der Waals surface area contributed by atoms with Crippen LogP contribution in [-0.2, 0) is 0 Å². The summed E-state index contributed by atoms with van der Waals surface area (Å²) in [5.74, 6) is -0.487. The third-order valence-electron chi connectivity index (χ3n) is 2.21. The molecule has 0 fully saturated rings. The maximum absolute atomic E-state index is 13.8. The summed E-state index contributed by atoms with van der Waals surface area (Å²) in [6.07, 6.45) is 0.0726. The van der Waals surface area contributed by atoms with E-state index >= 15 is 0 Å². The molecule has 0 saturated heterocycles. The predicted octanol–water partition coefficient (Wildman–Crippen LogP) is 1.85. The van der Waals surface area contributed by atoms with E-state index in [9.17, 15) is 9.18 Å². The Morgan fingerprint density at radius 2 is 2.31 bits per heavy atom. The van der Waals surface area contributed by atoms with Crippen LogP contribution in [0.3, 0.4) is 0 Å². The molecule has 0 aliphatic carbocycles. The van der Waals surface area contributed by atoms with Gasteiger partial charge in [0.2, 0.25) is 6.79 Å². The zero-order valence-electron chi connectivity index (χ0n) is 8.26. The number of carbonyl (C=O) groups excluding carboxylic acids is 1. The molecule has 2 N–H and O–H groups in total. The highest BCUT2D eigenvalue weighted by Gasteiger charge is 2.27. The van der Waals surface area contributed by atoms with Crippen molar-refractivity contribution in [3.8, 4) is 11.5 Å². The molecule has 1 aliphatic heterocycles. The van der Waals surface area contributed by atoms with Crippen molar-refractivity contribution < 1.29 is 18.7 Å². The highest BCUT2D eigenvalue weighted by atomic mass is 79.9. The number of ether oxygens (including phenoxy) is 2. The van der Waals surface area contributed by atoms with Gasteiger partial charge in [-0.2, -0.15) is 0 Å². The average Bonchev–Trinajstić information content (AvgIpc) is 2.67. The third-order valence-corrected chi connectivity index (χ3v) is 2.78. The SMILES string of the molecule is NCCC(=O)c1c(F)c(Br)cc2c1OCO2. The van der Waals surface area contributed by atoms with Gasteiger partial charge in [-0.05, 0) is 22.5 Å². The molecule has 1 aromatic carbocycles.